The molecule has 2 rings (SSSR count). The minimum atomic E-state index is 0.0475. The van der Waals surface area contributed by atoms with Crippen molar-refractivity contribution < 1.29 is 4.79 Å². The van der Waals surface area contributed by atoms with Crippen LogP contribution in [0.4, 0.5) is 5.69 Å². The first-order valence-electron chi connectivity index (χ1n) is 5.85. The number of hydrogen-bond donors (Lipinski definition) is 2. The van der Waals surface area contributed by atoms with Crippen LogP contribution in [-0.2, 0) is 4.79 Å². The van der Waals surface area contributed by atoms with Crippen molar-refractivity contribution in [1.29, 1.82) is 0 Å². The number of carbonyl (C=O) groups excluding carboxylic acids is 1. The molecule has 3 nitrogen and oxygen atoms in total. The summed E-state index contributed by atoms with van der Waals surface area (Å²) in [4.78, 5) is 12.0. The third kappa shape index (κ3) is 2.79. The Morgan fingerprint density at radius 1 is 1.53 bits per heavy atom. The molecular weight excluding hydrogens is 236 g/mol. The second-order valence-corrected chi connectivity index (χ2v) is 5.09. The van der Waals surface area contributed by atoms with Gasteiger partial charge in [0.2, 0.25) is 5.91 Å². The molecule has 1 heterocycles. The molecule has 4 heteroatoms. The van der Waals surface area contributed by atoms with Gasteiger partial charge < -0.3 is 10.6 Å². The lowest BCUT2D eigenvalue weighted by molar-refractivity contribution is -0.121. The highest BCUT2D eigenvalue weighted by Crippen LogP contribution is 2.22. The molecule has 0 spiro atoms. The first-order chi connectivity index (χ1) is 8.08. The van der Waals surface area contributed by atoms with Crippen molar-refractivity contribution in [1.82, 2.24) is 5.32 Å². The lowest BCUT2D eigenvalue weighted by Crippen LogP contribution is -2.48. The summed E-state index contributed by atoms with van der Waals surface area (Å²) >= 11 is 5.88. The van der Waals surface area contributed by atoms with Crippen LogP contribution in [0.15, 0.2) is 18.2 Å². The highest BCUT2D eigenvalue weighted by Gasteiger charge is 2.28. The second kappa shape index (κ2) is 5.07. The number of hydrogen-bond acceptors (Lipinski definition) is 2. The maximum atomic E-state index is 12.0. The van der Waals surface area contributed by atoms with Gasteiger partial charge in [-0.3, -0.25) is 4.79 Å². The predicted molar refractivity (Wildman–Crippen MR) is 70.3 cm³/mol. The van der Waals surface area contributed by atoms with Crippen LogP contribution >= 0.6 is 11.6 Å². The van der Waals surface area contributed by atoms with Crippen molar-refractivity contribution in [3.8, 4) is 0 Å². The van der Waals surface area contributed by atoms with Crippen LogP contribution in [0, 0.1) is 18.8 Å². The molecule has 1 aliphatic rings. The Morgan fingerprint density at radius 3 is 2.76 bits per heavy atom. The van der Waals surface area contributed by atoms with Gasteiger partial charge in [-0.2, -0.15) is 0 Å². The van der Waals surface area contributed by atoms with Gasteiger partial charge in [0.15, 0.2) is 0 Å². The molecule has 17 heavy (non-hydrogen) atoms. The molecule has 0 radical (unpaired) electrons. The number of aryl methyl sites for hydroxylation is 1. The van der Waals surface area contributed by atoms with Gasteiger partial charge in [0.25, 0.3) is 0 Å². The van der Waals surface area contributed by atoms with Crippen molar-refractivity contribution in [2.45, 2.75) is 13.8 Å². The average Bonchev–Trinajstić information content (AvgIpc) is 2.19. The third-order valence-corrected chi connectivity index (χ3v) is 3.62. The fourth-order valence-corrected chi connectivity index (χ4v) is 2.12. The molecule has 0 aliphatic carbocycles. The normalized spacial score (nSPS) is 17.4. The van der Waals surface area contributed by atoms with E-state index >= 15 is 0 Å². The van der Waals surface area contributed by atoms with E-state index in [0.717, 1.165) is 24.3 Å². The van der Waals surface area contributed by atoms with E-state index in [1.165, 1.54) is 0 Å². The summed E-state index contributed by atoms with van der Waals surface area (Å²) < 4.78 is 0. The van der Waals surface area contributed by atoms with Crippen LogP contribution in [0.1, 0.15) is 12.5 Å². The summed E-state index contributed by atoms with van der Waals surface area (Å²) in [6.07, 6.45) is 0. The van der Waals surface area contributed by atoms with Gasteiger partial charge in [0, 0.05) is 16.6 Å². The van der Waals surface area contributed by atoms with Crippen LogP contribution in [-0.4, -0.2) is 19.0 Å². The van der Waals surface area contributed by atoms with Gasteiger partial charge in [-0.1, -0.05) is 18.5 Å². The fraction of sp³-hybridized carbons (Fsp3) is 0.462. The zero-order chi connectivity index (χ0) is 12.4. The van der Waals surface area contributed by atoms with E-state index in [-0.39, 0.29) is 11.8 Å². The topological polar surface area (TPSA) is 41.1 Å². The van der Waals surface area contributed by atoms with Gasteiger partial charge in [-0.05, 0) is 49.7 Å². The molecule has 1 amide bonds. The van der Waals surface area contributed by atoms with E-state index in [4.69, 9.17) is 11.6 Å². The Labute approximate surface area is 107 Å². The molecule has 1 aromatic rings. The Bertz CT molecular complexity index is 429. The van der Waals surface area contributed by atoms with Crippen molar-refractivity contribution in [3.63, 3.8) is 0 Å². The maximum absolute atomic E-state index is 12.0. The highest BCUT2D eigenvalue weighted by molar-refractivity contribution is 6.30. The molecule has 0 saturated carbocycles. The van der Waals surface area contributed by atoms with Crippen LogP contribution in [0.3, 0.4) is 0 Å². The minimum Gasteiger partial charge on any atom is -0.326 e. The lowest BCUT2D eigenvalue weighted by Gasteiger charge is -2.31. The van der Waals surface area contributed by atoms with Crippen LogP contribution < -0.4 is 10.6 Å². The van der Waals surface area contributed by atoms with Gasteiger partial charge in [-0.25, -0.2) is 0 Å². The van der Waals surface area contributed by atoms with E-state index in [9.17, 15) is 4.79 Å². The number of carbonyl (C=O) groups is 1. The Kier molecular flexibility index (Phi) is 3.69. The third-order valence-electron chi connectivity index (χ3n) is 3.38. The average molecular weight is 253 g/mol. The molecule has 1 aliphatic heterocycles. The summed E-state index contributed by atoms with van der Waals surface area (Å²) in [6, 6.07) is 5.49. The molecule has 1 saturated heterocycles. The molecule has 1 aromatic carbocycles. The Hall–Kier alpha value is -1.06. The summed E-state index contributed by atoms with van der Waals surface area (Å²) in [5.74, 6) is 0.593. The smallest absolute Gasteiger partial charge is 0.227 e. The highest BCUT2D eigenvalue weighted by atomic mass is 35.5. The number of rotatable bonds is 3. The first kappa shape index (κ1) is 12.4. The molecule has 1 unspecified atom stereocenters. The van der Waals surface area contributed by atoms with Crippen molar-refractivity contribution in [2.24, 2.45) is 11.8 Å². The Balaban J connectivity index is 2.02. The quantitative estimate of drug-likeness (QED) is 0.868. The monoisotopic (exact) mass is 252 g/mol. The molecular formula is C13H17ClN2O. The molecule has 0 aromatic heterocycles. The Morgan fingerprint density at radius 2 is 2.24 bits per heavy atom. The van der Waals surface area contributed by atoms with Crippen LogP contribution in [0.2, 0.25) is 5.02 Å². The zero-order valence-corrected chi connectivity index (χ0v) is 10.8. The number of nitrogens with one attached hydrogen (secondary N) is 2. The van der Waals surface area contributed by atoms with Gasteiger partial charge in [-0.15, -0.1) is 0 Å². The summed E-state index contributed by atoms with van der Waals surface area (Å²) in [5, 5.41) is 6.83. The van der Waals surface area contributed by atoms with E-state index in [1.807, 2.05) is 26.0 Å². The van der Waals surface area contributed by atoms with Crippen molar-refractivity contribution in [3.05, 3.63) is 28.8 Å². The molecule has 2 N–H and O–H groups in total. The van der Waals surface area contributed by atoms with Crippen LogP contribution in [0.5, 0.6) is 0 Å². The predicted octanol–water partition coefficient (Wildman–Crippen LogP) is 2.44. The van der Waals surface area contributed by atoms with E-state index in [0.29, 0.717) is 10.9 Å². The van der Waals surface area contributed by atoms with E-state index in [1.54, 1.807) is 6.07 Å². The SMILES string of the molecule is Cc1cc(Cl)ccc1NC(=O)C(C)C1CNC1. The van der Waals surface area contributed by atoms with E-state index < -0.39 is 0 Å². The van der Waals surface area contributed by atoms with Crippen molar-refractivity contribution >= 4 is 23.2 Å². The summed E-state index contributed by atoms with van der Waals surface area (Å²) in [5.41, 5.74) is 1.84. The second-order valence-electron chi connectivity index (χ2n) is 4.66. The zero-order valence-electron chi connectivity index (χ0n) is 10.1. The maximum Gasteiger partial charge on any atom is 0.227 e. The summed E-state index contributed by atoms with van der Waals surface area (Å²) in [6.45, 7) is 5.80. The van der Waals surface area contributed by atoms with Gasteiger partial charge >= 0.3 is 0 Å². The fourth-order valence-electron chi connectivity index (χ4n) is 1.89. The molecule has 0 bridgehead atoms. The first-order valence-corrected chi connectivity index (χ1v) is 6.23. The molecule has 92 valence electrons. The number of anilines is 1. The standard InChI is InChI=1S/C13H17ClN2O/c1-8-5-11(14)3-4-12(8)16-13(17)9(2)10-6-15-7-10/h3-5,9-10,15H,6-7H2,1-2H3,(H,16,17). The number of halogens is 1. The van der Waals surface area contributed by atoms with Gasteiger partial charge in [0.05, 0.1) is 0 Å². The van der Waals surface area contributed by atoms with Crippen molar-refractivity contribution in [2.75, 3.05) is 18.4 Å². The molecule has 1 atom stereocenters. The van der Waals surface area contributed by atoms with Gasteiger partial charge in [0.1, 0.15) is 0 Å². The largest absolute Gasteiger partial charge is 0.326 e. The lowest BCUT2D eigenvalue weighted by atomic mass is 9.88. The minimum absolute atomic E-state index is 0.0475. The number of amides is 1. The summed E-state index contributed by atoms with van der Waals surface area (Å²) in [7, 11) is 0. The van der Waals surface area contributed by atoms with Crippen LogP contribution in [0.25, 0.3) is 0 Å². The van der Waals surface area contributed by atoms with E-state index in [2.05, 4.69) is 10.6 Å². The molecule has 1 fully saturated rings. The number of benzene rings is 1.